The van der Waals surface area contributed by atoms with E-state index in [0.29, 0.717) is 45.1 Å². The third-order valence-electron chi connectivity index (χ3n) is 7.96. The molecule has 2 heterocycles. The molecule has 4 aliphatic rings. The van der Waals surface area contributed by atoms with Crippen molar-refractivity contribution in [1.29, 1.82) is 5.26 Å². The average Bonchev–Trinajstić information content (AvgIpc) is 3.48. The number of hydrogen-bond acceptors (Lipinski definition) is 5. The molecule has 2 amide bonds. The van der Waals surface area contributed by atoms with Gasteiger partial charge in [-0.3, -0.25) is 9.59 Å². The van der Waals surface area contributed by atoms with Crippen molar-refractivity contribution in [3.63, 3.8) is 0 Å². The first-order valence-electron chi connectivity index (χ1n) is 11.8. The number of morpholine rings is 1. The Morgan fingerprint density at radius 2 is 1.77 bits per heavy atom. The molecule has 30 heavy (non-hydrogen) atoms. The smallest absolute Gasteiger partial charge is 0.224 e. The zero-order valence-corrected chi connectivity index (χ0v) is 18.3. The minimum absolute atomic E-state index is 0.0523. The molecule has 1 N–H and O–H groups in total. The van der Waals surface area contributed by atoms with E-state index in [2.05, 4.69) is 16.3 Å². The second kappa shape index (κ2) is 9.23. The highest BCUT2D eigenvalue weighted by Gasteiger charge is 2.52. The Labute approximate surface area is 180 Å². The minimum atomic E-state index is -0.792. The molecule has 0 bridgehead atoms. The lowest BCUT2D eigenvalue weighted by atomic mass is 9.87. The van der Waals surface area contributed by atoms with Crippen molar-refractivity contribution in [2.24, 2.45) is 23.7 Å². The Balaban J connectivity index is 1.42. The number of ether oxygens (including phenoxy) is 1. The Bertz CT molecular complexity index is 664. The summed E-state index contributed by atoms with van der Waals surface area (Å²) in [4.78, 5) is 30.3. The predicted octanol–water partition coefficient (Wildman–Crippen LogP) is 1.78. The van der Waals surface area contributed by atoms with E-state index in [-0.39, 0.29) is 24.2 Å². The standard InChI is InChI=1S/C23H36N4O3/c1-26-8-6-23(16-24,7-9-26)25-22(29)17(14-20-18-4-2-3-5-19(18)20)15-21(28)27-10-12-30-13-11-27/h17-20H,2-15H2,1H3,(H,25,29). The van der Waals surface area contributed by atoms with Gasteiger partial charge in [0.25, 0.3) is 0 Å². The van der Waals surface area contributed by atoms with Crippen LogP contribution < -0.4 is 5.32 Å². The molecule has 0 aromatic heterocycles. The number of hydrogen-bond donors (Lipinski definition) is 1. The first-order chi connectivity index (χ1) is 14.5. The number of likely N-dealkylation sites (tertiary alicyclic amines) is 1. The van der Waals surface area contributed by atoms with E-state index < -0.39 is 5.54 Å². The fourth-order valence-electron chi connectivity index (χ4n) is 5.86. The van der Waals surface area contributed by atoms with Gasteiger partial charge in [0.1, 0.15) is 5.54 Å². The topological polar surface area (TPSA) is 85.7 Å². The summed E-state index contributed by atoms with van der Waals surface area (Å²) >= 11 is 0. The molecule has 0 aromatic carbocycles. The fraction of sp³-hybridized carbons (Fsp3) is 0.870. The van der Waals surface area contributed by atoms with Crippen LogP contribution in [0.1, 0.15) is 51.4 Å². The van der Waals surface area contributed by atoms with Gasteiger partial charge in [0, 0.05) is 38.5 Å². The van der Waals surface area contributed by atoms with Crippen LogP contribution in [-0.4, -0.2) is 73.6 Å². The SMILES string of the molecule is CN1CCC(C#N)(NC(=O)C(CC(=O)N2CCOCC2)CC2C3CCCCC32)CC1. The summed E-state index contributed by atoms with van der Waals surface area (Å²) in [6, 6.07) is 2.39. The number of amides is 2. The molecule has 7 heteroatoms. The lowest BCUT2D eigenvalue weighted by Crippen LogP contribution is -2.55. The van der Waals surface area contributed by atoms with Gasteiger partial charge in [0.05, 0.1) is 19.3 Å². The maximum Gasteiger partial charge on any atom is 0.224 e. The normalized spacial score (nSPS) is 31.9. The number of carbonyl (C=O) groups is 2. The van der Waals surface area contributed by atoms with Crippen molar-refractivity contribution in [1.82, 2.24) is 15.1 Å². The number of nitriles is 1. The fourth-order valence-corrected chi connectivity index (χ4v) is 5.86. The van der Waals surface area contributed by atoms with Gasteiger partial charge in [-0.05, 0) is 56.9 Å². The Kier molecular flexibility index (Phi) is 6.64. The maximum absolute atomic E-state index is 13.4. The molecule has 0 spiro atoms. The molecule has 2 aliphatic heterocycles. The molecule has 2 saturated heterocycles. The highest BCUT2D eigenvalue weighted by Crippen LogP contribution is 2.58. The van der Waals surface area contributed by atoms with Gasteiger partial charge < -0.3 is 19.9 Å². The largest absolute Gasteiger partial charge is 0.378 e. The van der Waals surface area contributed by atoms with Crippen LogP contribution in [0.15, 0.2) is 0 Å². The monoisotopic (exact) mass is 416 g/mol. The summed E-state index contributed by atoms with van der Waals surface area (Å²) in [7, 11) is 2.04. The van der Waals surface area contributed by atoms with Gasteiger partial charge in [-0.15, -0.1) is 0 Å². The summed E-state index contributed by atoms with van der Waals surface area (Å²) in [5.41, 5.74) is -0.792. The molecule has 3 unspecified atom stereocenters. The zero-order valence-electron chi connectivity index (χ0n) is 18.3. The number of carbonyl (C=O) groups excluding carboxylic acids is 2. The molecule has 2 aliphatic carbocycles. The van der Waals surface area contributed by atoms with Crippen LogP contribution in [0.3, 0.4) is 0 Å². The van der Waals surface area contributed by atoms with Crippen LogP contribution in [0, 0.1) is 35.0 Å². The van der Waals surface area contributed by atoms with E-state index in [4.69, 9.17) is 4.74 Å². The third kappa shape index (κ3) is 4.81. The van der Waals surface area contributed by atoms with Gasteiger partial charge in [0.2, 0.25) is 11.8 Å². The summed E-state index contributed by atoms with van der Waals surface area (Å²) in [6.07, 6.45) is 7.47. The van der Waals surface area contributed by atoms with Crippen molar-refractivity contribution in [2.45, 2.75) is 56.9 Å². The number of rotatable bonds is 6. The summed E-state index contributed by atoms with van der Waals surface area (Å²) in [5.74, 6) is 1.71. The van der Waals surface area contributed by atoms with Crippen molar-refractivity contribution in [3.05, 3.63) is 0 Å². The van der Waals surface area contributed by atoms with E-state index in [9.17, 15) is 14.9 Å². The van der Waals surface area contributed by atoms with E-state index in [1.165, 1.54) is 25.7 Å². The first-order valence-corrected chi connectivity index (χ1v) is 11.8. The summed E-state index contributed by atoms with van der Waals surface area (Å²) in [6.45, 7) is 3.96. The van der Waals surface area contributed by atoms with Crippen LogP contribution in [0.2, 0.25) is 0 Å². The molecule has 7 nitrogen and oxygen atoms in total. The third-order valence-corrected chi connectivity index (χ3v) is 7.96. The highest BCUT2D eigenvalue weighted by molar-refractivity contribution is 5.86. The lowest BCUT2D eigenvalue weighted by Gasteiger charge is -2.37. The van der Waals surface area contributed by atoms with Crippen molar-refractivity contribution >= 4 is 11.8 Å². The molecular formula is C23H36N4O3. The second-order valence-corrected chi connectivity index (χ2v) is 9.89. The predicted molar refractivity (Wildman–Crippen MR) is 112 cm³/mol. The van der Waals surface area contributed by atoms with Crippen LogP contribution in [0.4, 0.5) is 0 Å². The Hall–Kier alpha value is -1.65. The van der Waals surface area contributed by atoms with Crippen molar-refractivity contribution in [2.75, 3.05) is 46.4 Å². The molecule has 3 atom stereocenters. The Morgan fingerprint density at radius 3 is 2.37 bits per heavy atom. The van der Waals surface area contributed by atoms with Crippen molar-refractivity contribution in [3.8, 4) is 6.07 Å². The molecule has 0 aromatic rings. The number of nitrogens with one attached hydrogen (secondary N) is 1. The van der Waals surface area contributed by atoms with E-state index in [0.717, 1.165) is 31.3 Å². The van der Waals surface area contributed by atoms with Gasteiger partial charge in [-0.1, -0.05) is 12.8 Å². The molecule has 0 radical (unpaired) electrons. The van der Waals surface area contributed by atoms with E-state index >= 15 is 0 Å². The molecule has 4 rings (SSSR count). The van der Waals surface area contributed by atoms with E-state index in [1.807, 2.05) is 11.9 Å². The summed E-state index contributed by atoms with van der Waals surface area (Å²) < 4.78 is 5.36. The minimum Gasteiger partial charge on any atom is -0.378 e. The number of piperidine rings is 1. The molecule has 166 valence electrons. The summed E-state index contributed by atoms with van der Waals surface area (Å²) in [5, 5.41) is 12.9. The van der Waals surface area contributed by atoms with Gasteiger partial charge >= 0.3 is 0 Å². The second-order valence-electron chi connectivity index (χ2n) is 9.89. The maximum atomic E-state index is 13.4. The van der Waals surface area contributed by atoms with Crippen LogP contribution in [0.25, 0.3) is 0 Å². The van der Waals surface area contributed by atoms with Gasteiger partial charge in [0.15, 0.2) is 0 Å². The lowest BCUT2D eigenvalue weighted by molar-refractivity contribution is -0.140. The Morgan fingerprint density at radius 1 is 1.13 bits per heavy atom. The van der Waals surface area contributed by atoms with Crippen LogP contribution in [-0.2, 0) is 14.3 Å². The number of fused-ring (bicyclic) bond motifs is 1. The molecule has 2 saturated carbocycles. The van der Waals surface area contributed by atoms with E-state index in [1.54, 1.807) is 0 Å². The molecular weight excluding hydrogens is 380 g/mol. The van der Waals surface area contributed by atoms with Crippen LogP contribution in [0.5, 0.6) is 0 Å². The van der Waals surface area contributed by atoms with Crippen LogP contribution >= 0.6 is 0 Å². The average molecular weight is 417 g/mol. The zero-order chi connectivity index (χ0) is 21.1. The first kappa shape index (κ1) is 21.6. The van der Waals surface area contributed by atoms with Gasteiger partial charge in [-0.2, -0.15) is 5.26 Å². The van der Waals surface area contributed by atoms with Crippen molar-refractivity contribution < 1.29 is 14.3 Å². The van der Waals surface area contributed by atoms with Gasteiger partial charge in [-0.25, -0.2) is 0 Å². The number of nitrogens with zero attached hydrogens (tertiary/aromatic N) is 3. The quantitative estimate of drug-likeness (QED) is 0.713. The highest BCUT2D eigenvalue weighted by atomic mass is 16.5. The molecule has 4 fully saturated rings.